The van der Waals surface area contributed by atoms with E-state index in [0.29, 0.717) is 35.5 Å². The molecular formula is C36H42O13. The van der Waals surface area contributed by atoms with Gasteiger partial charge in [0, 0.05) is 18.9 Å². The Balaban J connectivity index is 1.40. The third kappa shape index (κ3) is 10.7. The molecule has 0 aliphatic carbocycles. The maximum absolute atomic E-state index is 13.0. The molecule has 1 fully saturated rings. The van der Waals surface area contributed by atoms with Gasteiger partial charge < -0.3 is 54.3 Å². The van der Waals surface area contributed by atoms with E-state index in [1.807, 2.05) is 0 Å². The molecule has 3 aromatic carbocycles. The molecule has 264 valence electrons. The second kappa shape index (κ2) is 17.7. The number of methoxy groups -OCH3 is 2. The van der Waals surface area contributed by atoms with Gasteiger partial charge in [-0.15, -0.1) is 0 Å². The van der Waals surface area contributed by atoms with E-state index in [1.165, 1.54) is 44.6 Å². The first-order valence-corrected chi connectivity index (χ1v) is 15.7. The number of carbonyl (C=O) groups excluding carboxylic acids is 2. The topological polar surface area (TPSA) is 202 Å². The van der Waals surface area contributed by atoms with Gasteiger partial charge in [0.15, 0.2) is 29.3 Å². The molecule has 0 spiro atoms. The van der Waals surface area contributed by atoms with Crippen molar-refractivity contribution >= 4 is 17.8 Å². The molecule has 0 aromatic heterocycles. The molecule has 49 heavy (non-hydrogen) atoms. The highest BCUT2D eigenvalue weighted by Crippen LogP contribution is 2.29. The molecular weight excluding hydrogens is 640 g/mol. The van der Waals surface area contributed by atoms with Gasteiger partial charge in [-0.25, -0.2) is 4.79 Å². The van der Waals surface area contributed by atoms with Crippen LogP contribution in [0.2, 0.25) is 0 Å². The van der Waals surface area contributed by atoms with Gasteiger partial charge in [-0.1, -0.05) is 24.3 Å². The Morgan fingerprint density at radius 1 is 0.816 bits per heavy atom. The molecule has 6 atom stereocenters. The average Bonchev–Trinajstić information content (AvgIpc) is 3.10. The van der Waals surface area contributed by atoms with Crippen LogP contribution in [0.15, 0.2) is 66.7 Å². The summed E-state index contributed by atoms with van der Waals surface area (Å²) in [5, 5.41) is 61.0. The van der Waals surface area contributed by atoms with Crippen molar-refractivity contribution in [3.8, 4) is 28.7 Å². The number of hydrogen-bond acceptors (Lipinski definition) is 13. The zero-order valence-corrected chi connectivity index (χ0v) is 27.2. The van der Waals surface area contributed by atoms with E-state index in [4.69, 9.17) is 23.7 Å². The number of phenolic OH excluding ortho intramolecular Hbond substituents is 3. The minimum absolute atomic E-state index is 0.0893. The van der Waals surface area contributed by atoms with Crippen molar-refractivity contribution in [2.45, 2.75) is 68.9 Å². The zero-order valence-electron chi connectivity index (χ0n) is 27.2. The average molecular weight is 683 g/mol. The van der Waals surface area contributed by atoms with Crippen LogP contribution < -0.4 is 9.47 Å². The number of aliphatic hydroxyl groups is 3. The predicted molar refractivity (Wildman–Crippen MR) is 175 cm³/mol. The number of aromatic hydroxyl groups is 3. The molecule has 6 unspecified atom stereocenters. The lowest BCUT2D eigenvalue weighted by atomic mass is 9.98. The Labute approximate surface area is 283 Å². The molecule has 4 rings (SSSR count). The van der Waals surface area contributed by atoms with Crippen molar-refractivity contribution in [1.29, 1.82) is 0 Å². The van der Waals surface area contributed by atoms with Gasteiger partial charge in [0.1, 0.15) is 42.6 Å². The second-order valence-electron chi connectivity index (χ2n) is 11.6. The third-order valence-corrected chi connectivity index (χ3v) is 8.08. The Bertz CT molecular complexity index is 1570. The van der Waals surface area contributed by atoms with Gasteiger partial charge in [-0.05, 0) is 78.4 Å². The Morgan fingerprint density at radius 2 is 1.53 bits per heavy atom. The van der Waals surface area contributed by atoms with E-state index in [9.17, 15) is 40.2 Å². The largest absolute Gasteiger partial charge is 0.508 e. The first-order chi connectivity index (χ1) is 23.5. The summed E-state index contributed by atoms with van der Waals surface area (Å²) in [6.45, 7) is -0.483. The summed E-state index contributed by atoms with van der Waals surface area (Å²) in [4.78, 5) is 25.5. The number of ketones is 1. The molecule has 1 aliphatic rings. The van der Waals surface area contributed by atoms with Crippen molar-refractivity contribution in [3.63, 3.8) is 0 Å². The molecule has 1 saturated heterocycles. The van der Waals surface area contributed by atoms with Crippen LogP contribution >= 0.6 is 0 Å². The molecule has 6 N–H and O–H groups in total. The lowest BCUT2D eigenvalue weighted by Gasteiger charge is -2.41. The van der Waals surface area contributed by atoms with Crippen molar-refractivity contribution in [2.75, 3.05) is 20.8 Å². The molecule has 13 nitrogen and oxygen atoms in total. The van der Waals surface area contributed by atoms with E-state index < -0.39 is 49.4 Å². The summed E-state index contributed by atoms with van der Waals surface area (Å²) in [5.74, 6) is -0.421. The fourth-order valence-corrected chi connectivity index (χ4v) is 5.26. The second-order valence-corrected chi connectivity index (χ2v) is 11.6. The summed E-state index contributed by atoms with van der Waals surface area (Å²) >= 11 is 0. The number of carbonyl (C=O) groups is 2. The van der Waals surface area contributed by atoms with Crippen LogP contribution in [-0.2, 0) is 36.6 Å². The summed E-state index contributed by atoms with van der Waals surface area (Å²) in [5.41, 5.74) is 2.12. The molecule has 1 heterocycles. The van der Waals surface area contributed by atoms with Gasteiger partial charge >= 0.3 is 5.97 Å². The minimum atomic E-state index is -1.72. The number of phenols is 3. The van der Waals surface area contributed by atoms with E-state index in [0.717, 1.165) is 11.6 Å². The number of Topliss-reactive ketones (excluding diaryl/α,β-unsaturated/α-hetero) is 1. The van der Waals surface area contributed by atoms with E-state index in [-0.39, 0.29) is 42.3 Å². The summed E-state index contributed by atoms with van der Waals surface area (Å²) in [6.07, 6.45) is -4.96. The quantitative estimate of drug-likeness (QED) is 0.0733. The molecule has 0 saturated carbocycles. The number of rotatable bonds is 16. The number of aryl methyl sites for hydroxylation is 2. The highest BCUT2D eigenvalue weighted by molar-refractivity contribution is 5.87. The fraction of sp³-hybridized carbons (Fsp3) is 0.389. The summed E-state index contributed by atoms with van der Waals surface area (Å²) in [6, 6.07) is 15.9. The molecule has 0 amide bonds. The number of esters is 1. The highest BCUT2D eigenvalue weighted by Gasteiger charge is 2.45. The normalized spacial score (nSPS) is 21.3. The first kappa shape index (κ1) is 37.2. The van der Waals surface area contributed by atoms with Gasteiger partial charge in [0.25, 0.3) is 0 Å². The van der Waals surface area contributed by atoms with Crippen LogP contribution in [0, 0.1) is 0 Å². The Kier molecular flexibility index (Phi) is 13.4. The predicted octanol–water partition coefficient (Wildman–Crippen LogP) is 2.79. The SMILES string of the molecule is COc1ccc(C=CC(=O)OCC2OC(OC(CCc3ccc(O)c(O)c3)CC(=O)CCc3ccc(O)cc3)C(O)C(O)C2O)cc1OC. The Hall–Kier alpha value is -4.66. The summed E-state index contributed by atoms with van der Waals surface area (Å²) < 4.78 is 27.5. The Morgan fingerprint density at radius 3 is 2.22 bits per heavy atom. The van der Waals surface area contributed by atoms with Gasteiger partial charge in [-0.2, -0.15) is 0 Å². The maximum Gasteiger partial charge on any atom is 0.330 e. The molecule has 0 radical (unpaired) electrons. The van der Waals surface area contributed by atoms with Gasteiger partial charge in [0.05, 0.1) is 20.3 Å². The number of ether oxygens (including phenoxy) is 5. The lowest BCUT2D eigenvalue weighted by molar-refractivity contribution is -0.311. The van der Waals surface area contributed by atoms with Crippen LogP contribution in [0.25, 0.3) is 6.08 Å². The van der Waals surface area contributed by atoms with Crippen molar-refractivity contribution < 1.29 is 63.9 Å². The number of hydrogen-bond donors (Lipinski definition) is 6. The zero-order chi connectivity index (χ0) is 35.5. The molecule has 13 heteroatoms. The van der Waals surface area contributed by atoms with Crippen LogP contribution in [0.5, 0.6) is 28.7 Å². The van der Waals surface area contributed by atoms with Crippen LogP contribution in [0.1, 0.15) is 36.0 Å². The smallest absolute Gasteiger partial charge is 0.330 e. The minimum Gasteiger partial charge on any atom is -0.508 e. The van der Waals surface area contributed by atoms with E-state index >= 15 is 0 Å². The van der Waals surface area contributed by atoms with Gasteiger partial charge in [-0.3, -0.25) is 4.79 Å². The van der Waals surface area contributed by atoms with Crippen molar-refractivity contribution in [2.24, 2.45) is 0 Å². The van der Waals surface area contributed by atoms with Crippen LogP contribution in [0.4, 0.5) is 0 Å². The highest BCUT2D eigenvalue weighted by atomic mass is 16.7. The van der Waals surface area contributed by atoms with Crippen molar-refractivity contribution in [1.82, 2.24) is 0 Å². The molecule has 1 aliphatic heterocycles. The maximum atomic E-state index is 13.0. The van der Waals surface area contributed by atoms with Crippen LogP contribution in [-0.4, -0.2) is 100 Å². The van der Waals surface area contributed by atoms with Gasteiger partial charge in [0.2, 0.25) is 0 Å². The van der Waals surface area contributed by atoms with E-state index in [1.54, 1.807) is 36.4 Å². The molecule has 0 bridgehead atoms. The number of benzene rings is 3. The standard InChI is InChI=1S/C36H42O13/c1-45-29-15-8-23(18-30(29)46-2)9-16-32(41)47-20-31-33(42)34(43)35(44)36(49-31)48-26(13-6-22-7-14-27(39)28(40)17-22)19-25(38)12-5-21-3-10-24(37)11-4-21/h3-4,7-11,14-18,26,31,33-37,39-40,42-44H,5-6,12-13,19-20H2,1-2H3. The first-order valence-electron chi connectivity index (χ1n) is 15.7. The monoisotopic (exact) mass is 682 g/mol. The van der Waals surface area contributed by atoms with Crippen molar-refractivity contribution in [3.05, 3.63) is 83.4 Å². The summed E-state index contributed by atoms with van der Waals surface area (Å²) in [7, 11) is 2.99. The van der Waals surface area contributed by atoms with E-state index in [2.05, 4.69) is 0 Å². The lowest BCUT2D eigenvalue weighted by Crippen LogP contribution is -2.60. The number of aliphatic hydroxyl groups excluding tert-OH is 3. The molecule has 3 aromatic rings. The van der Waals surface area contributed by atoms with Crippen LogP contribution in [0.3, 0.4) is 0 Å². The fourth-order valence-electron chi connectivity index (χ4n) is 5.26. The third-order valence-electron chi connectivity index (χ3n) is 8.08.